The van der Waals surface area contributed by atoms with E-state index in [1.165, 1.54) is 0 Å². The molecule has 1 aromatic heterocycles. The minimum absolute atomic E-state index is 0.109. The van der Waals surface area contributed by atoms with Gasteiger partial charge in [-0.15, -0.1) is 4.73 Å². The number of hydrogen-bond acceptors (Lipinski definition) is 36. The standard InChI is InChI=1S/C87H143Cl2N5O37S/c1-86(2,3)130-84(101)75(69-71-9-11-72(12-10-71)92-82(99)81-73(88)7-6-8-74(81)89)93-85(102)87(16-4-5-17-87)18-19-90-78(96)15-21-106-23-25-108-27-29-110-31-33-112-35-37-114-39-41-116-43-45-118-47-49-120-51-53-122-55-57-124-59-61-126-63-65-128-67-68-129-66-64-127-62-60-125-58-56-123-54-52-121-50-48-119-46-44-117-42-40-115-38-36-113-34-32-111-30-28-109-26-24-107-22-20-91-77(95)13-14-80(98)131-94-79(97)70-76(83(94)100)132(103,104)105/h6-12,70,75,97,100H,4-5,13-69H2,1-3H3,(H,90,96)(H,91,95)(H,92,99)(H,93,102)(H,103,104,105)/t75-/m0/s1. The van der Waals surface area contributed by atoms with Crippen LogP contribution in [0.4, 0.5) is 5.69 Å². The van der Waals surface area contributed by atoms with Crippen LogP contribution in [0, 0.1) is 5.41 Å². The number of anilines is 1. The van der Waals surface area contributed by atoms with E-state index in [1.54, 1.807) is 63.2 Å². The predicted octanol–water partition coefficient (Wildman–Crippen LogP) is 4.48. The average Bonchev–Trinajstić information content (AvgIpc) is 1.66. The van der Waals surface area contributed by atoms with Crippen LogP contribution in [0.3, 0.4) is 0 Å². The maximum Gasteiger partial charge on any atom is 0.333 e. The fourth-order valence-electron chi connectivity index (χ4n) is 11.7. The molecule has 4 amide bonds. The molecule has 0 bridgehead atoms. The van der Waals surface area contributed by atoms with Gasteiger partial charge in [0, 0.05) is 44.1 Å². The zero-order chi connectivity index (χ0) is 95.3. The molecule has 4 rings (SSSR count). The largest absolute Gasteiger partial charge is 0.492 e. The summed E-state index contributed by atoms with van der Waals surface area (Å²) in [7, 11) is -4.88. The van der Waals surface area contributed by atoms with Crippen molar-refractivity contribution in [1.29, 1.82) is 0 Å². The number of nitrogens with one attached hydrogen (secondary N) is 4. The molecular formula is C87H143Cl2N5O37S. The second-order valence-electron chi connectivity index (χ2n) is 29.8. The summed E-state index contributed by atoms with van der Waals surface area (Å²) in [6, 6.07) is 11.2. The van der Waals surface area contributed by atoms with E-state index >= 15 is 0 Å². The summed E-state index contributed by atoms with van der Waals surface area (Å²) in [6.07, 6.45) is 2.89. The zero-order valence-corrected chi connectivity index (χ0v) is 79.1. The SMILES string of the molecule is CC(C)(C)OC(=O)[C@H](Cc1ccc(NC(=O)c2c(Cl)cccc2Cl)cc1)NC(=O)C1(CCNC(=O)CCOCCOCCOCCOCCOCCOCCOCCOCCOCCOCCOCCOCCOCCOCCOCCOCCOCCOCCOCCOCCOCCOCCOCCOCCNC(=O)CCC(=O)On2c(O)cc(S(=O)(=O)O)c2O)CCCC1. The molecule has 0 spiro atoms. The van der Waals surface area contributed by atoms with E-state index in [-0.39, 0.29) is 84.3 Å². The van der Waals surface area contributed by atoms with Gasteiger partial charge in [-0.25, -0.2) is 9.59 Å². The van der Waals surface area contributed by atoms with Crippen molar-refractivity contribution in [2.75, 3.05) is 336 Å². The van der Waals surface area contributed by atoms with Crippen LogP contribution < -0.4 is 26.1 Å². The lowest BCUT2D eigenvalue weighted by atomic mass is 9.81. The second-order valence-corrected chi connectivity index (χ2v) is 32.0. The molecule has 2 aromatic carbocycles. The van der Waals surface area contributed by atoms with Gasteiger partial charge in [-0.05, 0) is 69.9 Å². The average molecular weight is 1950 g/mol. The summed E-state index contributed by atoms with van der Waals surface area (Å²) in [5, 5.41) is 31.1. The summed E-state index contributed by atoms with van der Waals surface area (Å²) in [5.41, 5.74) is -0.181. The summed E-state index contributed by atoms with van der Waals surface area (Å²) in [5.74, 6) is -5.22. The number of halogens is 2. The molecule has 1 aliphatic carbocycles. The summed E-state index contributed by atoms with van der Waals surface area (Å²) in [4.78, 5) is 80.9. The van der Waals surface area contributed by atoms with Crippen molar-refractivity contribution < 1.29 is 175 Å². The maximum absolute atomic E-state index is 14.1. The first kappa shape index (κ1) is 118. The molecule has 0 saturated heterocycles. The van der Waals surface area contributed by atoms with Gasteiger partial charge in [0.05, 0.1) is 345 Å². The van der Waals surface area contributed by atoms with Gasteiger partial charge in [-0.2, -0.15) is 8.42 Å². The lowest BCUT2D eigenvalue weighted by Crippen LogP contribution is -2.51. The minimum Gasteiger partial charge on any atom is -0.492 e. The van der Waals surface area contributed by atoms with Gasteiger partial charge in [0.1, 0.15) is 11.6 Å². The van der Waals surface area contributed by atoms with Crippen molar-refractivity contribution in [2.45, 2.75) is 95.1 Å². The van der Waals surface area contributed by atoms with E-state index in [9.17, 15) is 47.4 Å². The molecule has 0 radical (unpaired) electrons. The third kappa shape index (κ3) is 61.7. The highest BCUT2D eigenvalue weighted by Gasteiger charge is 2.43. The van der Waals surface area contributed by atoms with Gasteiger partial charge in [0.25, 0.3) is 21.9 Å². The van der Waals surface area contributed by atoms with Gasteiger partial charge in [0.15, 0.2) is 4.90 Å². The Kier molecular flexibility index (Phi) is 69.4. The molecule has 1 aliphatic rings. The minimum atomic E-state index is -4.88. The van der Waals surface area contributed by atoms with E-state index in [1.807, 2.05) is 0 Å². The van der Waals surface area contributed by atoms with E-state index < -0.39 is 74.0 Å². The van der Waals surface area contributed by atoms with Gasteiger partial charge in [-0.3, -0.25) is 23.7 Å². The monoisotopic (exact) mass is 1950 g/mol. The molecule has 132 heavy (non-hydrogen) atoms. The van der Waals surface area contributed by atoms with E-state index in [4.69, 9.17) is 146 Å². The van der Waals surface area contributed by atoms with Crippen molar-refractivity contribution >= 4 is 74.6 Å². The molecule has 758 valence electrons. The Morgan fingerprint density at radius 1 is 0.417 bits per heavy atom. The quantitative estimate of drug-likeness (QED) is 0.0233. The van der Waals surface area contributed by atoms with Crippen LogP contribution in [0.25, 0.3) is 0 Å². The summed E-state index contributed by atoms with van der Waals surface area (Å²) < 4.78 is 170. The molecule has 1 atom stereocenters. The number of nitrogens with zero attached hydrogens (tertiary/aromatic N) is 1. The van der Waals surface area contributed by atoms with Gasteiger partial charge in [-0.1, -0.05) is 54.2 Å². The molecule has 3 aromatic rings. The smallest absolute Gasteiger partial charge is 0.333 e. The Labute approximate surface area is 784 Å². The van der Waals surface area contributed by atoms with Gasteiger partial charge < -0.3 is 155 Å². The number of benzene rings is 2. The number of carbonyl (C=O) groups is 6. The number of esters is 1. The van der Waals surface area contributed by atoms with Crippen LogP contribution in [0.15, 0.2) is 53.4 Å². The molecule has 45 heteroatoms. The van der Waals surface area contributed by atoms with Crippen LogP contribution in [-0.4, -0.2) is 405 Å². The maximum atomic E-state index is 14.1. The van der Waals surface area contributed by atoms with Crippen molar-refractivity contribution in [3.63, 3.8) is 0 Å². The Hall–Kier alpha value is -6.33. The van der Waals surface area contributed by atoms with Crippen molar-refractivity contribution in [1.82, 2.24) is 20.7 Å². The van der Waals surface area contributed by atoms with Crippen molar-refractivity contribution in [2.24, 2.45) is 5.41 Å². The summed E-state index contributed by atoms with van der Waals surface area (Å²) in [6.45, 7) is 25.6. The molecule has 42 nitrogen and oxygen atoms in total. The molecule has 1 saturated carbocycles. The lowest BCUT2D eigenvalue weighted by molar-refractivity contribution is -0.159. The Morgan fingerprint density at radius 3 is 1.03 bits per heavy atom. The number of aromatic hydroxyl groups is 2. The second kappa shape index (κ2) is 77.7. The number of aromatic nitrogens is 1. The molecular weight excluding hydrogens is 1810 g/mol. The van der Waals surface area contributed by atoms with Crippen LogP contribution in [-0.2, 0) is 159 Å². The lowest BCUT2D eigenvalue weighted by Gasteiger charge is -2.31. The number of hydrogen-bond donors (Lipinski definition) is 7. The third-order valence-corrected chi connectivity index (χ3v) is 19.8. The number of carbonyl (C=O) groups excluding carboxylic acids is 6. The Morgan fingerprint density at radius 2 is 0.720 bits per heavy atom. The van der Waals surface area contributed by atoms with E-state index in [0.717, 1.165) is 18.4 Å². The van der Waals surface area contributed by atoms with Crippen molar-refractivity contribution in [3.8, 4) is 11.8 Å². The summed E-state index contributed by atoms with van der Waals surface area (Å²) >= 11 is 12.5. The fraction of sp³-hybridized carbons (Fsp3) is 0.747. The van der Waals surface area contributed by atoms with Crippen molar-refractivity contribution in [3.05, 3.63) is 69.7 Å². The third-order valence-electron chi connectivity index (χ3n) is 18.3. The van der Waals surface area contributed by atoms with Gasteiger partial charge in [0.2, 0.25) is 23.6 Å². The van der Waals surface area contributed by atoms with Crippen LogP contribution in [0.5, 0.6) is 11.8 Å². The highest BCUT2D eigenvalue weighted by molar-refractivity contribution is 7.86. The first-order chi connectivity index (χ1) is 64.1. The molecule has 1 fully saturated rings. The zero-order valence-electron chi connectivity index (χ0n) is 76.7. The number of rotatable bonds is 90. The van der Waals surface area contributed by atoms with Crippen LogP contribution >= 0.6 is 23.2 Å². The first-order valence-electron chi connectivity index (χ1n) is 44.7. The Bertz CT molecular complexity index is 3550. The van der Waals surface area contributed by atoms with Crippen LogP contribution in [0.2, 0.25) is 10.0 Å². The molecule has 1 heterocycles. The van der Waals surface area contributed by atoms with E-state index in [0.29, 0.717) is 328 Å². The topological polar surface area (TPSA) is 490 Å². The first-order valence-corrected chi connectivity index (χ1v) is 46.9. The molecule has 7 N–H and O–H groups in total. The number of ether oxygens (including phenoxy) is 25. The normalized spacial score (nSPS) is 13.0. The van der Waals surface area contributed by atoms with E-state index in [2.05, 4.69) is 26.1 Å². The molecule has 0 aliphatic heterocycles. The fourth-order valence-corrected chi connectivity index (χ4v) is 12.8. The predicted molar refractivity (Wildman–Crippen MR) is 477 cm³/mol. The van der Waals surface area contributed by atoms with Gasteiger partial charge >= 0.3 is 11.9 Å². The number of amides is 4. The highest BCUT2D eigenvalue weighted by atomic mass is 35.5. The highest BCUT2D eigenvalue weighted by Crippen LogP contribution is 2.41. The molecule has 0 unspecified atom stereocenters. The van der Waals surface area contributed by atoms with Crippen LogP contribution in [0.1, 0.15) is 88.1 Å². The Balaban J connectivity index is 0.743.